The van der Waals surface area contributed by atoms with Gasteiger partial charge < -0.3 is 9.47 Å². The van der Waals surface area contributed by atoms with Crippen LogP contribution in [0.3, 0.4) is 0 Å². The molecule has 0 aromatic heterocycles. The first-order valence-electron chi connectivity index (χ1n) is 5.97. The van der Waals surface area contributed by atoms with Crippen molar-refractivity contribution in [2.75, 3.05) is 13.2 Å². The highest BCUT2D eigenvalue weighted by Gasteiger charge is 2.15. The van der Waals surface area contributed by atoms with Crippen molar-refractivity contribution < 1.29 is 19.1 Å². The SMILES string of the molecule is CCCC#CCOC(=O)C(=O)OCC#CCCC. The molecule has 0 unspecified atom stereocenters. The molecule has 0 aromatic carbocycles. The summed E-state index contributed by atoms with van der Waals surface area (Å²) in [6.07, 6.45) is 3.38. The van der Waals surface area contributed by atoms with Gasteiger partial charge in [-0.3, -0.25) is 0 Å². The minimum Gasteiger partial charge on any atom is -0.444 e. The lowest BCUT2D eigenvalue weighted by molar-refractivity contribution is -0.165. The van der Waals surface area contributed by atoms with Crippen LogP contribution in [0.2, 0.25) is 0 Å². The fourth-order valence-electron chi connectivity index (χ4n) is 0.850. The fourth-order valence-corrected chi connectivity index (χ4v) is 0.850. The topological polar surface area (TPSA) is 52.6 Å². The maximum Gasteiger partial charge on any atom is 0.418 e. The Morgan fingerprint density at radius 1 is 0.778 bits per heavy atom. The summed E-state index contributed by atoms with van der Waals surface area (Å²) in [5, 5.41) is 0. The van der Waals surface area contributed by atoms with E-state index in [0.717, 1.165) is 25.7 Å². The largest absolute Gasteiger partial charge is 0.444 e. The molecule has 0 fully saturated rings. The van der Waals surface area contributed by atoms with Crippen molar-refractivity contribution in [2.45, 2.75) is 39.5 Å². The van der Waals surface area contributed by atoms with Crippen LogP contribution in [0.25, 0.3) is 0 Å². The van der Waals surface area contributed by atoms with Crippen LogP contribution in [0.5, 0.6) is 0 Å². The lowest BCUT2D eigenvalue weighted by atomic mass is 10.3. The van der Waals surface area contributed by atoms with Gasteiger partial charge in [-0.1, -0.05) is 37.5 Å². The standard InChI is InChI=1S/C14H18O4/c1-3-5-7-9-11-17-13(15)14(16)18-12-10-8-6-4-2/h3-6,11-12H2,1-2H3. The molecule has 0 amide bonds. The van der Waals surface area contributed by atoms with Crippen LogP contribution in [0, 0.1) is 23.7 Å². The predicted octanol–water partition coefficient (Wildman–Crippen LogP) is 1.68. The van der Waals surface area contributed by atoms with Gasteiger partial charge in [0.05, 0.1) is 0 Å². The molecule has 0 rings (SSSR count). The molecule has 0 radical (unpaired) electrons. The minimum absolute atomic E-state index is 0.0879. The second kappa shape index (κ2) is 11.5. The van der Waals surface area contributed by atoms with E-state index in [1.165, 1.54) is 0 Å². The molecule has 0 saturated heterocycles. The van der Waals surface area contributed by atoms with Crippen LogP contribution in [0.4, 0.5) is 0 Å². The maximum absolute atomic E-state index is 11.1. The van der Waals surface area contributed by atoms with E-state index in [-0.39, 0.29) is 13.2 Å². The van der Waals surface area contributed by atoms with E-state index in [1.54, 1.807) is 0 Å². The van der Waals surface area contributed by atoms with Crippen molar-refractivity contribution >= 4 is 11.9 Å². The van der Waals surface area contributed by atoms with Crippen LogP contribution in [0.1, 0.15) is 39.5 Å². The first kappa shape index (κ1) is 16.1. The highest BCUT2D eigenvalue weighted by atomic mass is 16.6. The van der Waals surface area contributed by atoms with Crippen molar-refractivity contribution in [1.82, 2.24) is 0 Å². The van der Waals surface area contributed by atoms with Crippen molar-refractivity contribution in [1.29, 1.82) is 0 Å². The average molecular weight is 250 g/mol. The zero-order valence-electron chi connectivity index (χ0n) is 10.9. The fraction of sp³-hybridized carbons (Fsp3) is 0.571. The Morgan fingerprint density at radius 3 is 1.50 bits per heavy atom. The molecule has 0 aromatic rings. The zero-order chi connectivity index (χ0) is 13.6. The Bertz CT molecular complexity index is 338. The summed E-state index contributed by atoms with van der Waals surface area (Å²) in [4.78, 5) is 22.2. The third-order valence-electron chi connectivity index (χ3n) is 1.72. The molecule has 0 bridgehead atoms. The number of ether oxygens (including phenoxy) is 2. The van der Waals surface area contributed by atoms with Crippen molar-refractivity contribution in [3.05, 3.63) is 0 Å². The quantitative estimate of drug-likeness (QED) is 0.433. The molecule has 0 N–H and O–H groups in total. The van der Waals surface area contributed by atoms with Gasteiger partial charge >= 0.3 is 11.9 Å². The predicted molar refractivity (Wildman–Crippen MR) is 67.3 cm³/mol. The summed E-state index contributed by atoms with van der Waals surface area (Å²) >= 11 is 0. The first-order valence-corrected chi connectivity index (χ1v) is 5.97. The number of unbranched alkanes of at least 4 members (excludes halogenated alkanes) is 2. The number of carbonyl (C=O) groups is 2. The maximum atomic E-state index is 11.1. The van der Waals surface area contributed by atoms with E-state index in [4.69, 9.17) is 0 Å². The van der Waals surface area contributed by atoms with Crippen LogP contribution in [0.15, 0.2) is 0 Å². The molecule has 4 heteroatoms. The van der Waals surface area contributed by atoms with Gasteiger partial charge in [-0.05, 0) is 12.8 Å². The third kappa shape index (κ3) is 9.30. The van der Waals surface area contributed by atoms with E-state index < -0.39 is 11.9 Å². The van der Waals surface area contributed by atoms with Crippen molar-refractivity contribution in [2.24, 2.45) is 0 Å². The summed E-state index contributed by atoms with van der Waals surface area (Å²) in [6.45, 7) is 3.82. The second-order valence-corrected chi connectivity index (χ2v) is 3.36. The van der Waals surface area contributed by atoms with Gasteiger partial charge in [0, 0.05) is 12.8 Å². The number of hydrogen-bond donors (Lipinski definition) is 0. The molecular formula is C14H18O4. The molecule has 0 heterocycles. The van der Waals surface area contributed by atoms with Gasteiger partial charge in [0.15, 0.2) is 13.2 Å². The number of rotatable bonds is 4. The van der Waals surface area contributed by atoms with Crippen LogP contribution in [-0.4, -0.2) is 25.2 Å². The number of carbonyl (C=O) groups excluding carboxylic acids is 2. The first-order chi connectivity index (χ1) is 8.72. The highest BCUT2D eigenvalue weighted by Crippen LogP contribution is 1.86. The molecule has 0 spiro atoms. The molecule has 0 aliphatic rings. The van der Waals surface area contributed by atoms with E-state index in [1.807, 2.05) is 13.8 Å². The summed E-state index contributed by atoms with van der Waals surface area (Å²) in [6, 6.07) is 0. The zero-order valence-corrected chi connectivity index (χ0v) is 10.9. The monoisotopic (exact) mass is 250 g/mol. The normalized spacial score (nSPS) is 8.33. The smallest absolute Gasteiger partial charge is 0.418 e. The van der Waals surface area contributed by atoms with Crippen molar-refractivity contribution in [3.8, 4) is 23.7 Å². The molecular weight excluding hydrogens is 232 g/mol. The van der Waals surface area contributed by atoms with Crippen LogP contribution < -0.4 is 0 Å². The Labute approximate surface area is 108 Å². The molecule has 18 heavy (non-hydrogen) atoms. The average Bonchev–Trinajstić information content (AvgIpc) is 2.37. The van der Waals surface area contributed by atoms with Crippen LogP contribution in [-0.2, 0) is 19.1 Å². The van der Waals surface area contributed by atoms with Gasteiger partial charge in [0.1, 0.15) is 0 Å². The Kier molecular flexibility index (Phi) is 10.3. The molecule has 0 saturated carbocycles. The lowest BCUT2D eigenvalue weighted by Gasteiger charge is -1.99. The Balaban J connectivity index is 3.75. The molecule has 0 atom stereocenters. The van der Waals surface area contributed by atoms with Gasteiger partial charge in [-0.25, -0.2) is 9.59 Å². The van der Waals surface area contributed by atoms with E-state index >= 15 is 0 Å². The minimum atomic E-state index is -1.03. The Hall–Kier alpha value is -1.94. The van der Waals surface area contributed by atoms with Gasteiger partial charge in [-0.2, -0.15) is 0 Å². The lowest BCUT2D eigenvalue weighted by Crippen LogP contribution is -2.20. The number of hydrogen-bond acceptors (Lipinski definition) is 4. The van der Waals surface area contributed by atoms with Gasteiger partial charge in [-0.15, -0.1) is 0 Å². The summed E-state index contributed by atoms with van der Waals surface area (Å²) in [5.41, 5.74) is 0. The summed E-state index contributed by atoms with van der Waals surface area (Å²) in [5.74, 6) is 8.78. The van der Waals surface area contributed by atoms with E-state index in [2.05, 4.69) is 33.2 Å². The molecule has 4 nitrogen and oxygen atoms in total. The molecule has 0 aliphatic carbocycles. The molecule has 98 valence electrons. The number of esters is 2. The van der Waals surface area contributed by atoms with E-state index in [9.17, 15) is 9.59 Å². The highest BCUT2D eigenvalue weighted by molar-refractivity contribution is 6.29. The van der Waals surface area contributed by atoms with E-state index in [0.29, 0.717) is 0 Å². The summed E-state index contributed by atoms with van der Waals surface area (Å²) < 4.78 is 9.19. The summed E-state index contributed by atoms with van der Waals surface area (Å²) in [7, 11) is 0. The molecule has 0 aliphatic heterocycles. The van der Waals surface area contributed by atoms with Crippen molar-refractivity contribution in [3.63, 3.8) is 0 Å². The Morgan fingerprint density at radius 2 is 1.17 bits per heavy atom. The van der Waals surface area contributed by atoms with Gasteiger partial charge in [0.2, 0.25) is 0 Å². The van der Waals surface area contributed by atoms with Gasteiger partial charge in [0.25, 0.3) is 0 Å². The third-order valence-corrected chi connectivity index (χ3v) is 1.72. The second-order valence-electron chi connectivity index (χ2n) is 3.36. The van der Waals surface area contributed by atoms with Crippen LogP contribution >= 0.6 is 0 Å².